The molecule has 0 heterocycles. The first-order chi connectivity index (χ1) is 7.00. The quantitative estimate of drug-likeness (QED) is 0.859. The molecule has 0 unspecified atom stereocenters. The van der Waals surface area contributed by atoms with Crippen molar-refractivity contribution in [3.8, 4) is 5.75 Å². The summed E-state index contributed by atoms with van der Waals surface area (Å²) >= 11 is 5.75. The first kappa shape index (κ1) is 11.9. The Morgan fingerprint density at radius 3 is 2.67 bits per heavy atom. The molecule has 0 saturated carbocycles. The molecule has 1 N–H and O–H groups in total. The zero-order valence-corrected chi connectivity index (χ0v) is 9.58. The average molecular weight is 228 g/mol. The predicted molar refractivity (Wildman–Crippen MR) is 60.1 cm³/mol. The summed E-state index contributed by atoms with van der Waals surface area (Å²) in [6.07, 6.45) is 1.09. The second-order valence-electron chi connectivity index (χ2n) is 3.57. The largest absolute Gasteiger partial charge is 0.506 e. The Kier molecular flexibility index (Phi) is 3.97. The van der Waals surface area contributed by atoms with Crippen LogP contribution >= 0.6 is 11.6 Å². The fourth-order valence-corrected chi connectivity index (χ4v) is 1.38. The summed E-state index contributed by atoms with van der Waals surface area (Å²) in [4.78, 5) is 12.9. The normalized spacial score (nSPS) is 10.1. The van der Waals surface area contributed by atoms with E-state index in [0.717, 1.165) is 5.56 Å². The van der Waals surface area contributed by atoms with E-state index in [-0.39, 0.29) is 11.7 Å². The number of hydrogen-bond acceptors (Lipinski definition) is 2. The number of benzene rings is 1. The Balaban J connectivity index is 2.58. The summed E-state index contributed by atoms with van der Waals surface area (Å²) in [6.45, 7) is 0. The van der Waals surface area contributed by atoms with Crippen molar-refractivity contribution in [2.75, 3.05) is 14.1 Å². The third-order valence-corrected chi connectivity index (χ3v) is 2.44. The van der Waals surface area contributed by atoms with Crippen molar-refractivity contribution < 1.29 is 9.90 Å². The lowest BCUT2D eigenvalue weighted by Crippen LogP contribution is -2.21. The van der Waals surface area contributed by atoms with Crippen LogP contribution in [-0.2, 0) is 11.2 Å². The van der Waals surface area contributed by atoms with Gasteiger partial charge in [-0.1, -0.05) is 17.7 Å². The van der Waals surface area contributed by atoms with Gasteiger partial charge < -0.3 is 10.0 Å². The van der Waals surface area contributed by atoms with Crippen molar-refractivity contribution in [2.45, 2.75) is 12.8 Å². The van der Waals surface area contributed by atoms with Crippen LogP contribution in [0.15, 0.2) is 18.2 Å². The molecule has 0 atom stereocenters. The molecule has 0 bridgehead atoms. The number of amides is 1. The van der Waals surface area contributed by atoms with E-state index in [9.17, 15) is 9.90 Å². The molecule has 1 aromatic carbocycles. The van der Waals surface area contributed by atoms with E-state index in [1.165, 1.54) is 6.07 Å². The number of aryl methyl sites for hydroxylation is 1. The second-order valence-corrected chi connectivity index (χ2v) is 3.98. The maximum atomic E-state index is 11.3. The number of phenolic OH excluding ortho intramolecular Hbond substituents is 1. The average Bonchev–Trinajstić information content (AvgIpc) is 2.19. The molecule has 4 heteroatoms. The molecule has 0 aliphatic carbocycles. The van der Waals surface area contributed by atoms with Gasteiger partial charge in [0.2, 0.25) is 5.91 Å². The van der Waals surface area contributed by atoms with Gasteiger partial charge in [0.1, 0.15) is 5.75 Å². The van der Waals surface area contributed by atoms with E-state index < -0.39 is 0 Å². The minimum absolute atomic E-state index is 0.0688. The fourth-order valence-electron chi connectivity index (χ4n) is 1.18. The van der Waals surface area contributed by atoms with Gasteiger partial charge in [-0.25, -0.2) is 0 Å². The first-order valence-electron chi connectivity index (χ1n) is 4.68. The highest BCUT2D eigenvalue weighted by Crippen LogP contribution is 2.24. The predicted octanol–water partition coefficient (Wildman–Crippen LogP) is 2.07. The molecule has 0 saturated heterocycles. The summed E-state index contributed by atoms with van der Waals surface area (Å²) in [5, 5.41) is 9.53. The van der Waals surface area contributed by atoms with Crippen LogP contribution in [0.3, 0.4) is 0 Å². The van der Waals surface area contributed by atoms with Gasteiger partial charge in [0, 0.05) is 20.5 Å². The minimum Gasteiger partial charge on any atom is -0.506 e. The highest BCUT2D eigenvalue weighted by molar-refractivity contribution is 6.32. The standard InChI is InChI=1S/C11H14ClNO2/c1-13(2)11(15)6-4-8-3-5-10(14)9(12)7-8/h3,5,7,14H,4,6H2,1-2H3. The van der Waals surface area contributed by atoms with Gasteiger partial charge in [-0.15, -0.1) is 0 Å². The topological polar surface area (TPSA) is 40.5 Å². The molecular weight excluding hydrogens is 214 g/mol. The third kappa shape index (κ3) is 3.44. The lowest BCUT2D eigenvalue weighted by atomic mass is 10.1. The number of carbonyl (C=O) groups is 1. The molecule has 1 rings (SSSR count). The number of hydrogen-bond donors (Lipinski definition) is 1. The van der Waals surface area contributed by atoms with Gasteiger partial charge in [0.05, 0.1) is 5.02 Å². The lowest BCUT2D eigenvalue weighted by molar-refractivity contribution is -0.128. The maximum Gasteiger partial charge on any atom is 0.222 e. The zero-order chi connectivity index (χ0) is 11.4. The molecule has 15 heavy (non-hydrogen) atoms. The van der Waals surface area contributed by atoms with E-state index in [2.05, 4.69) is 0 Å². The van der Waals surface area contributed by atoms with Crippen molar-refractivity contribution in [1.29, 1.82) is 0 Å². The molecule has 0 aliphatic heterocycles. The highest BCUT2D eigenvalue weighted by atomic mass is 35.5. The monoisotopic (exact) mass is 227 g/mol. The number of phenols is 1. The summed E-state index contributed by atoms with van der Waals surface area (Å²) in [6, 6.07) is 4.99. The van der Waals surface area contributed by atoms with Gasteiger partial charge in [-0.05, 0) is 24.1 Å². The Hall–Kier alpha value is -1.22. The van der Waals surface area contributed by atoms with E-state index >= 15 is 0 Å². The Labute approximate surface area is 94.3 Å². The van der Waals surface area contributed by atoms with Gasteiger partial charge >= 0.3 is 0 Å². The van der Waals surface area contributed by atoms with E-state index in [1.807, 2.05) is 0 Å². The molecule has 0 radical (unpaired) electrons. The SMILES string of the molecule is CN(C)C(=O)CCc1ccc(O)c(Cl)c1. The smallest absolute Gasteiger partial charge is 0.222 e. The van der Waals surface area contributed by atoms with Crippen molar-refractivity contribution >= 4 is 17.5 Å². The molecular formula is C11H14ClNO2. The van der Waals surface area contributed by atoms with Crippen LogP contribution in [-0.4, -0.2) is 30.0 Å². The summed E-state index contributed by atoms with van der Waals surface area (Å²) in [5.41, 5.74) is 0.952. The third-order valence-electron chi connectivity index (χ3n) is 2.14. The van der Waals surface area contributed by atoms with E-state index in [4.69, 9.17) is 11.6 Å². The van der Waals surface area contributed by atoms with Crippen LogP contribution in [0, 0.1) is 0 Å². The molecule has 3 nitrogen and oxygen atoms in total. The maximum absolute atomic E-state index is 11.3. The number of halogens is 1. The van der Waals surface area contributed by atoms with Crippen LogP contribution in [0.2, 0.25) is 5.02 Å². The van der Waals surface area contributed by atoms with Gasteiger partial charge in [0.15, 0.2) is 0 Å². The Morgan fingerprint density at radius 2 is 2.13 bits per heavy atom. The zero-order valence-electron chi connectivity index (χ0n) is 8.83. The first-order valence-corrected chi connectivity index (χ1v) is 5.06. The van der Waals surface area contributed by atoms with Gasteiger partial charge in [0.25, 0.3) is 0 Å². The highest BCUT2D eigenvalue weighted by Gasteiger charge is 2.05. The summed E-state index contributed by atoms with van der Waals surface area (Å²) in [7, 11) is 3.46. The molecule has 82 valence electrons. The number of aromatic hydroxyl groups is 1. The van der Waals surface area contributed by atoms with Crippen LogP contribution in [0.5, 0.6) is 5.75 Å². The van der Waals surface area contributed by atoms with Crippen molar-refractivity contribution in [3.05, 3.63) is 28.8 Å². The van der Waals surface area contributed by atoms with Crippen LogP contribution in [0.1, 0.15) is 12.0 Å². The molecule has 0 aliphatic rings. The lowest BCUT2D eigenvalue weighted by Gasteiger charge is -2.09. The summed E-state index contributed by atoms with van der Waals surface area (Å²) in [5.74, 6) is 0.151. The number of rotatable bonds is 3. The van der Waals surface area contributed by atoms with Crippen molar-refractivity contribution in [3.63, 3.8) is 0 Å². The van der Waals surface area contributed by atoms with Gasteiger partial charge in [-0.2, -0.15) is 0 Å². The van der Waals surface area contributed by atoms with Gasteiger partial charge in [-0.3, -0.25) is 4.79 Å². The second kappa shape index (κ2) is 5.03. The Bertz CT molecular complexity index is 364. The van der Waals surface area contributed by atoms with Crippen LogP contribution in [0.4, 0.5) is 0 Å². The van der Waals surface area contributed by atoms with Crippen molar-refractivity contribution in [2.24, 2.45) is 0 Å². The van der Waals surface area contributed by atoms with E-state index in [0.29, 0.717) is 17.9 Å². The summed E-state index contributed by atoms with van der Waals surface area (Å²) < 4.78 is 0. The molecule has 0 fully saturated rings. The molecule has 0 aromatic heterocycles. The van der Waals surface area contributed by atoms with Crippen molar-refractivity contribution in [1.82, 2.24) is 4.90 Å². The van der Waals surface area contributed by atoms with E-state index in [1.54, 1.807) is 31.1 Å². The molecule has 1 amide bonds. The van der Waals surface area contributed by atoms with Crippen LogP contribution in [0.25, 0.3) is 0 Å². The fraction of sp³-hybridized carbons (Fsp3) is 0.364. The Morgan fingerprint density at radius 1 is 1.47 bits per heavy atom. The number of carbonyl (C=O) groups excluding carboxylic acids is 1. The molecule has 0 spiro atoms. The molecule has 1 aromatic rings. The van der Waals surface area contributed by atoms with Crippen LogP contribution < -0.4 is 0 Å². The minimum atomic E-state index is 0.0688. The number of nitrogens with zero attached hydrogens (tertiary/aromatic N) is 1.